The fraction of sp³-hybridized carbons (Fsp3) is 0.571. The Morgan fingerprint density at radius 3 is 3.11 bits per heavy atom. The predicted molar refractivity (Wildman–Crippen MR) is 74.6 cm³/mol. The van der Waals surface area contributed by atoms with Crippen LogP contribution in [-0.4, -0.2) is 36.1 Å². The Morgan fingerprint density at radius 2 is 2.26 bits per heavy atom. The zero-order valence-electron chi connectivity index (χ0n) is 11.0. The summed E-state index contributed by atoms with van der Waals surface area (Å²) in [6.07, 6.45) is 8.63. The highest BCUT2D eigenvalue weighted by Crippen LogP contribution is 2.33. The van der Waals surface area contributed by atoms with Gasteiger partial charge in [-0.3, -0.25) is 10.4 Å². The number of morpholine rings is 1. The zero-order valence-corrected chi connectivity index (χ0v) is 11.0. The number of fused-ring (bicyclic) bond motifs is 1. The first-order valence-electron chi connectivity index (χ1n) is 6.94. The van der Waals surface area contributed by atoms with Crippen LogP contribution in [0.3, 0.4) is 0 Å². The molecule has 1 aliphatic carbocycles. The molecule has 2 heterocycles. The molecule has 102 valence electrons. The molecule has 1 aromatic heterocycles. The van der Waals surface area contributed by atoms with Gasteiger partial charge in [-0.1, -0.05) is 12.8 Å². The molecule has 3 rings (SSSR count). The number of nitrogens with zero attached hydrogens (tertiary/aromatic N) is 2. The van der Waals surface area contributed by atoms with Crippen LogP contribution in [0.25, 0.3) is 0 Å². The van der Waals surface area contributed by atoms with E-state index in [4.69, 9.17) is 15.9 Å². The van der Waals surface area contributed by atoms with E-state index >= 15 is 0 Å². The standard InChI is InChI=1S/C14H20N4O/c15-14(16)10-5-6-17-9-12(10)18-7-8-19-13-4-2-1-3-11(13)18/h5-6,9,11,13H,1-4,7-8H2,(H3,15,16). The zero-order chi connectivity index (χ0) is 13.2. The molecule has 1 aromatic rings. The quantitative estimate of drug-likeness (QED) is 0.624. The van der Waals surface area contributed by atoms with Crippen LogP contribution in [0.4, 0.5) is 5.69 Å². The van der Waals surface area contributed by atoms with Gasteiger partial charge in [0.05, 0.1) is 30.6 Å². The summed E-state index contributed by atoms with van der Waals surface area (Å²) in [7, 11) is 0. The molecular weight excluding hydrogens is 240 g/mol. The monoisotopic (exact) mass is 260 g/mol. The van der Waals surface area contributed by atoms with Crippen LogP contribution in [0.2, 0.25) is 0 Å². The van der Waals surface area contributed by atoms with E-state index in [1.54, 1.807) is 6.20 Å². The second kappa shape index (κ2) is 5.17. The van der Waals surface area contributed by atoms with Gasteiger partial charge in [-0.25, -0.2) is 0 Å². The summed E-state index contributed by atoms with van der Waals surface area (Å²) in [6, 6.07) is 2.23. The van der Waals surface area contributed by atoms with E-state index in [1.165, 1.54) is 12.8 Å². The Kier molecular flexibility index (Phi) is 3.38. The topological polar surface area (TPSA) is 75.2 Å². The van der Waals surface area contributed by atoms with E-state index in [2.05, 4.69) is 9.88 Å². The first-order chi connectivity index (χ1) is 9.27. The molecule has 0 radical (unpaired) electrons. The van der Waals surface area contributed by atoms with Crippen LogP contribution in [0.15, 0.2) is 18.5 Å². The number of pyridine rings is 1. The van der Waals surface area contributed by atoms with E-state index < -0.39 is 0 Å². The SMILES string of the molecule is N=C(N)c1ccncc1N1CCOC2CCCCC21. The van der Waals surface area contributed by atoms with E-state index in [0.29, 0.717) is 12.1 Å². The van der Waals surface area contributed by atoms with E-state index in [-0.39, 0.29) is 5.84 Å². The smallest absolute Gasteiger partial charge is 0.125 e. The van der Waals surface area contributed by atoms with Gasteiger partial charge in [0.25, 0.3) is 0 Å². The van der Waals surface area contributed by atoms with E-state index in [0.717, 1.165) is 37.2 Å². The number of rotatable bonds is 2. The first kappa shape index (κ1) is 12.4. The fourth-order valence-corrected chi connectivity index (χ4v) is 3.24. The lowest BCUT2D eigenvalue weighted by Crippen LogP contribution is -2.53. The predicted octanol–water partition coefficient (Wildman–Crippen LogP) is 1.51. The van der Waals surface area contributed by atoms with Crippen LogP contribution in [0.1, 0.15) is 31.2 Å². The minimum absolute atomic E-state index is 0.108. The van der Waals surface area contributed by atoms with Crippen LogP contribution in [0, 0.1) is 5.41 Å². The highest BCUT2D eigenvalue weighted by atomic mass is 16.5. The molecule has 0 bridgehead atoms. The normalized spacial score (nSPS) is 26.8. The first-order valence-corrected chi connectivity index (χ1v) is 6.94. The number of hydrogen-bond donors (Lipinski definition) is 2. The van der Waals surface area contributed by atoms with Crippen LogP contribution in [0.5, 0.6) is 0 Å². The molecule has 3 N–H and O–H groups in total. The third-order valence-electron chi connectivity index (χ3n) is 4.13. The van der Waals surface area contributed by atoms with Crippen molar-refractivity contribution in [2.24, 2.45) is 5.73 Å². The number of nitrogen functional groups attached to an aromatic ring is 1. The van der Waals surface area contributed by atoms with Crippen molar-refractivity contribution in [2.75, 3.05) is 18.1 Å². The lowest BCUT2D eigenvalue weighted by molar-refractivity contribution is -0.00871. The molecule has 0 spiro atoms. The Bertz CT molecular complexity index is 474. The minimum Gasteiger partial charge on any atom is -0.384 e. The largest absolute Gasteiger partial charge is 0.384 e. The number of hydrogen-bond acceptors (Lipinski definition) is 4. The fourth-order valence-electron chi connectivity index (χ4n) is 3.24. The molecule has 5 heteroatoms. The van der Waals surface area contributed by atoms with Gasteiger partial charge in [-0.05, 0) is 18.9 Å². The maximum absolute atomic E-state index is 7.72. The average molecular weight is 260 g/mol. The third-order valence-corrected chi connectivity index (χ3v) is 4.13. The number of nitrogens with two attached hydrogens (primary N) is 1. The maximum atomic E-state index is 7.72. The molecule has 0 aromatic carbocycles. The van der Waals surface area contributed by atoms with Crippen molar-refractivity contribution in [1.29, 1.82) is 5.41 Å². The summed E-state index contributed by atoms with van der Waals surface area (Å²) < 4.78 is 5.89. The Hall–Kier alpha value is -1.62. The lowest BCUT2D eigenvalue weighted by Gasteiger charge is -2.45. The molecule has 1 saturated heterocycles. The van der Waals surface area contributed by atoms with Crippen molar-refractivity contribution in [3.63, 3.8) is 0 Å². The van der Waals surface area contributed by atoms with E-state index in [1.807, 2.05) is 12.3 Å². The van der Waals surface area contributed by atoms with Crippen molar-refractivity contribution in [2.45, 2.75) is 37.8 Å². The molecule has 2 fully saturated rings. The molecule has 2 unspecified atom stereocenters. The molecule has 2 aliphatic rings. The van der Waals surface area contributed by atoms with Crippen LogP contribution in [-0.2, 0) is 4.74 Å². The molecule has 19 heavy (non-hydrogen) atoms. The molecule has 1 aliphatic heterocycles. The van der Waals surface area contributed by atoms with Gasteiger partial charge >= 0.3 is 0 Å². The summed E-state index contributed by atoms with van der Waals surface area (Å²) in [4.78, 5) is 6.55. The van der Waals surface area contributed by atoms with Crippen molar-refractivity contribution in [3.8, 4) is 0 Å². The molecule has 0 amide bonds. The van der Waals surface area contributed by atoms with Crippen LogP contribution < -0.4 is 10.6 Å². The highest BCUT2D eigenvalue weighted by Gasteiger charge is 2.35. The van der Waals surface area contributed by atoms with Gasteiger partial charge in [-0.2, -0.15) is 0 Å². The number of anilines is 1. The number of ether oxygens (including phenoxy) is 1. The number of nitrogens with one attached hydrogen (secondary N) is 1. The van der Waals surface area contributed by atoms with Crippen molar-refractivity contribution >= 4 is 11.5 Å². The van der Waals surface area contributed by atoms with Crippen molar-refractivity contribution in [3.05, 3.63) is 24.0 Å². The molecule has 1 saturated carbocycles. The summed E-state index contributed by atoms with van der Waals surface area (Å²) in [5, 5.41) is 7.72. The number of aromatic nitrogens is 1. The summed E-state index contributed by atoms with van der Waals surface area (Å²) >= 11 is 0. The van der Waals surface area contributed by atoms with Gasteiger partial charge in [0, 0.05) is 18.3 Å². The van der Waals surface area contributed by atoms with Gasteiger partial charge in [0.2, 0.25) is 0 Å². The Balaban J connectivity index is 1.94. The second-order valence-corrected chi connectivity index (χ2v) is 5.26. The third kappa shape index (κ3) is 2.30. The van der Waals surface area contributed by atoms with Gasteiger partial charge in [0.1, 0.15) is 5.84 Å². The molecule has 2 atom stereocenters. The van der Waals surface area contributed by atoms with Gasteiger partial charge in [0.15, 0.2) is 0 Å². The van der Waals surface area contributed by atoms with E-state index in [9.17, 15) is 0 Å². The van der Waals surface area contributed by atoms with Gasteiger partial charge < -0.3 is 15.4 Å². The van der Waals surface area contributed by atoms with Crippen LogP contribution >= 0.6 is 0 Å². The minimum atomic E-state index is 0.108. The summed E-state index contributed by atoms with van der Waals surface area (Å²) in [5.74, 6) is 0.108. The summed E-state index contributed by atoms with van der Waals surface area (Å²) in [6.45, 7) is 1.60. The Labute approximate surface area is 113 Å². The van der Waals surface area contributed by atoms with Gasteiger partial charge in [-0.15, -0.1) is 0 Å². The highest BCUT2D eigenvalue weighted by molar-refractivity contribution is 6.00. The second-order valence-electron chi connectivity index (χ2n) is 5.26. The molecular formula is C14H20N4O. The van der Waals surface area contributed by atoms with Crippen molar-refractivity contribution < 1.29 is 4.74 Å². The van der Waals surface area contributed by atoms with Crippen molar-refractivity contribution in [1.82, 2.24) is 4.98 Å². The maximum Gasteiger partial charge on any atom is 0.125 e. The number of amidine groups is 1. The molecule has 5 nitrogen and oxygen atoms in total. The average Bonchev–Trinajstić information content (AvgIpc) is 2.46. The lowest BCUT2D eigenvalue weighted by atomic mass is 9.89. The summed E-state index contributed by atoms with van der Waals surface area (Å²) in [5.41, 5.74) is 7.45. The Morgan fingerprint density at radius 1 is 1.42 bits per heavy atom.